The highest BCUT2D eigenvalue weighted by atomic mass is 16.3. The number of hydrogen-bond acceptors (Lipinski definition) is 4. The average molecular weight is 234 g/mol. The summed E-state index contributed by atoms with van der Waals surface area (Å²) >= 11 is 0. The minimum absolute atomic E-state index is 0.192. The van der Waals surface area contributed by atoms with Crippen molar-refractivity contribution in [3.8, 4) is 0 Å². The SMILES string of the molecule is CC1(C=O)CC=C(N2CC3(CNC3)C2)C=C1O. The van der Waals surface area contributed by atoms with E-state index in [4.69, 9.17) is 0 Å². The van der Waals surface area contributed by atoms with E-state index >= 15 is 0 Å². The van der Waals surface area contributed by atoms with Crippen molar-refractivity contribution >= 4 is 6.29 Å². The molecule has 0 aromatic heterocycles. The van der Waals surface area contributed by atoms with Crippen LogP contribution in [0.1, 0.15) is 13.3 Å². The maximum absolute atomic E-state index is 11.0. The zero-order valence-electron chi connectivity index (χ0n) is 10.1. The van der Waals surface area contributed by atoms with Crippen LogP contribution in [0.25, 0.3) is 0 Å². The van der Waals surface area contributed by atoms with Gasteiger partial charge in [0.2, 0.25) is 0 Å². The van der Waals surface area contributed by atoms with Crippen molar-refractivity contribution in [3.05, 3.63) is 23.6 Å². The van der Waals surface area contributed by atoms with Crippen LogP contribution in [0.15, 0.2) is 23.6 Å². The summed E-state index contributed by atoms with van der Waals surface area (Å²) in [6.45, 7) is 6.12. The first-order valence-electron chi connectivity index (χ1n) is 6.10. The summed E-state index contributed by atoms with van der Waals surface area (Å²) in [5, 5.41) is 13.2. The van der Waals surface area contributed by atoms with Gasteiger partial charge in [-0.05, 0) is 19.4 Å². The van der Waals surface area contributed by atoms with E-state index in [-0.39, 0.29) is 5.76 Å². The van der Waals surface area contributed by atoms with E-state index in [1.807, 2.05) is 0 Å². The van der Waals surface area contributed by atoms with Gasteiger partial charge < -0.3 is 20.1 Å². The molecule has 2 aliphatic heterocycles. The molecule has 1 spiro atoms. The molecular formula is C13H18N2O2. The van der Waals surface area contributed by atoms with Gasteiger partial charge in [0.25, 0.3) is 0 Å². The first kappa shape index (κ1) is 10.8. The van der Waals surface area contributed by atoms with Crippen LogP contribution >= 0.6 is 0 Å². The van der Waals surface area contributed by atoms with Crippen LogP contribution in [-0.4, -0.2) is 42.5 Å². The van der Waals surface area contributed by atoms with Crippen molar-refractivity contribution in [2.45, 2.75) is 13.3 Å². The van der Waals surface area contributed by atoms with Crippen molar-refractivity contribution in [1.29, 1.82) is 0 Å². The molecule has 0 aromatic carbocycles. The molecule has 2 N–H and O–H groups in total. The van der Waals surface area contributed by atoms with Gasteiger partial charge in [0.1, 0.15) is 12.0 Å². The summed E-state index contributed by atoms with van der Waals surface area (Å²) in [6.07, 6.45) is 5.24. The lowest BCUT2D eigenvalue weighted by Gasteiger charge is -2.57. The average Bonchev–Trinajstić information content (AvgIpc) is 2.19. The third-order valence-corrected chi connectivity index (χ3v) is 4.28. The number of hydrogen-bond donors (Lipinski definition) is 2. The smallest absolute Gasteiger partial charge is 0.133 e. The molecule has 0 saturated carbocycles. The number of aliphatic hydroxyl groups excluding tert-OH is 1. The van der Waals surface area contributed by atoms with Crippen molar-refractivity contribution < 1.29 is 9.90 Å². The summed E-state index contributed by atoms with van der Waals surface area (Å²) in [4.78, 5) is 13.2. The number of nitrogens with zero attached hydrogens (tertiary/aromatic N) is 1. The fraction of sp³-hybridized carbons (Fsp3) is 0.615. The van der Waals surface area contributed by atoms with Gasteiger partial charge in [0.15, 0.2) is 0 Å². The maximum atomic E-state index is 11.0. The van der Waals surface area contributed by atoms with Crippen LogP contribution in [-0.2, 0) is 4.79 Å². The van der Waals surface area contributed by atoms with Crippen molar-refractivity contribution in [2.24, 2.45) is 10.8 Å². The zero-order chi connectivity index (χ0) is 12.1. The largest absolute Gasteiger partial charge is 0.511 e. The van der Waals surface area contributed by atoms with Crippen LogP contribution in [0, 0.1) is 10.8 Å². The lowest BCUT2D eigenvalue weighted by Crippen LogP contribution is -2.70. The second kappa shape index (κ2) is 3.35. The molecule has 1 atom stereocenters. The standard InChI is InChI=1S/C13H18N2O2/c1-12(9-16)3-2-10(4-11(12)17)15-7-13(8-15)5-14-6-13/h2,4,9,14,17H,3,5-8H2,1H3. The third kappa shape index (κ3) is 1.51. The Morgan fingerprint density at radius 2 is 2.18 bits per heavy atom. The van der Waals surface area contributed by atoms with Crippen LogP contribution in [0.4, 0.5) is 0 Å². The lowest BCUT2D eigenvalue weighted by atomic mass is 9.73. The molecular weight excluding hydrogens is 216 g/mol. The lowest BCUT2D eigenvalue weighted by molar-refractivity contribution is -0.115. The van der Waals surface area contributed by atoms with E-state index in [2.05, 4.69) is 16.3 Å². The topological polar surface area (TPSA) is 52.6 Å². The Labute approximate surface area is 101 Å². The molecule has 4 heteroatoms. The van der Waals surface area contributed by atoms with E-state index in [1.165, 1.54) is 0 Å². The third-order valence-electron chi connectivity index (χ3n) is 4.28. The highest BCUT2D eigenvalue weighted by Crippen LogP contribution is 2.40. The summed E-state index contributed by atoms with van der Waals surface area (Å²) < 4.78 is 0. The monoisotopic (exact) mass is 234 g/mol. The van der Waals surface area contributed by atoms with Gasteiger partial charge in [-0.2, -0.15) is 0 Å². The maximum Gasteiger partial charge on any atom is 0.133 e. The Morgan fingerprint density at radius 3 is 2.65 bits per heavy atom. The van der Waals surface area contributed by atoms with Crippen LogP contribution in [0.5, 0.6) is 0 Å². The first-order valence-corrected chi connectivity index (χ1v) is 6.10. The zero-order valence-corrected chi connectivity index (χ0v) is 10.1. The van der Waals surface area contributed by atoms with Gasteiger partial charge in [-0.1, -0.05) is 6.08 Å². The molecule has 17 heavy (non-hydrogen) atoms. The Morgan fingerprint density at radius 1 is 1.47 bits per heavy atom. The number of likely N-dealkylation sites (tertiary alicyclic amines) is 1. The van der Waals surface area contributed by atoms with Crippen LogP contribution in [0.2, 0.25) is 0 Å². The van der Waals surface area contributed by atoms with Crippen molar-refractivity contribution in [3.63, 3.8) is 0 Å². The second-order valence-corrected chi connectivity index (χ2v) is 5.86. The molecule has 2 fully saturated rings. The molecule has 1 aliphatic carbocycles. The summed E-state index contributed by atoms with van der Waals surface area (Å²) in [5.74, 6) is 0.192. The molecule has 2 heterocycles. The van der Waals surface area contributed by atoms with Crippen LogP contribution < -0.4 is 5.32 Å². The predicted octanol–water partition coefficient (Wildman–Crippen LogP) is 0.826. The molecule has 3 rings (SSSR count). The molecule has 92 valence electrons. The normalized spacial score (nSPS) is 34.5. The van der Waals surface area contributed by atoms with Gasteiger partial charge in [-0.15, -0.1) is 0 Å². The van der Waals surface area contributed by atoms with E-state index in [9.17, 15) is 9.90 Å². The summed E-state index contributed by atoms with van der Waals surface area (Å²) in [5.41, 5.74) is 0.833. The fourth-order valence-corrected chi connectivity index (χ4v) is 2.76. The molecule has 0 bridgehead atoms. The number of rotatable bonds is 2. The Kier molecular flexibility index (Phi) is 2.14. The van der Waals surface area contributed by atoms with Gasteiger partial charge >= 0.3 is 0 Å². The first-order chi connectivity index (χ1) is 8.07. The minimum Gasteiger partial charge on any atom is -0.511 e. The van der Waals surface area contributed by atoms with E-state index in [0.29, 0.717) is 11.8 Å². The Bertz CT molecular complexity index is 415. The Hall–Kier alpha value is -1.29. The number of carbonyl (C=O) groups is 1. The molecule has 0 amide bonds. The molecule has 1 unspecified atom stereocenters. The number of aldehydes is 1. The number of carbonyl (C=O) groups excluding carboxylic acids is 1. The number of aliphatic hydroxyl groups is 1. The van der Waals surface area contributed by atoms with Gasteiger partial charge in [-0.3, -0.25) is 0 Å². The fourth-order valence-electron chi connectivity index (χ4n) is 2.76. The van der Waals surface area contributed by atoms with Crippen LogP contribution in [0.3, 0.4) is 0 Å². The van der Waals surface area contributed by atoms with Crippen molar-refractivity contribution in [1.82, 2.24) is 10.2 Å². The molecule has 0 aromatic rings. The predicted molar refractivity (Wildman–Crippen MR) is 64.5 cm³/mol. The van der Waals surface area contributed by atoms with E-state index in [1.54, 1.807) is 13.0 Å². The molecule has 4 nitrogen and oxygen atoms in total. The second-order valence-electron chi connectivity index (χ2n) is 5.86. The van der Waals surface area contributed by atoms with Gasteiger partial charge in [0.05, 0.1) is 5.41 Å². The van der Waals surface area contributed by atoms with E-state index < -0.39 is 5.41 Å². The Balaban J connectivity index is 1.69. The molecule has 3 aliphatic rings. The molecule has 0 radical (unpaired) electrons. The number of allylic oxidation sites excluding steroid dienone is 3. The summed E-state index contributed by atoms with van der Waals surface area (Å²) in [6, 6.07) is 0. The minimum atomic E-state index is -0.718. The molecule has 2 saturated heterocycles. The number of nitrogens with one attached hydrogen (secondary N) is 1. The highest BCUT2D eigenvalue weighted by molar-refractivity contribution is 5.65. The summed E-state index contributed by atoms with van der Waals surface area (Å²) in [7, 11) is 0. The van der Waals surface area contributed by atoms with Gasteiger partial charge in [-0.25, -0.2) is 0 Å². The van der Waals surface area contributed by atoms with E-state index in [0.717, 1.165) is 38.2 Å². The quantitative estimate of drug-likeness (QED) is 0.695. The van der Waals surface area contributed by atoms with Crippen molar-refractivity contribution in [2.75, 3.05) is 26.2 Å². The highest BCUT2D eigenvalue weighted by Gasteiger charge is 2.48. The van der Waals surface area contributed by atoms with Gasteiger partial charge in [0, 0.05) is 37.3 Å².